The van der Waals surface area contributed by atoms with Gasteiger partial charge in [-0.1, -0.05) is 6.58 Å². The molecule has 0 spiro atoms. The number of methoxy groups -OCH3 is 1. The molecule has 0 atom stereocenters. The van der Waals surface area contributed by atoms with E-state index in [1.807, 2.05) is 13.1 Å². The van der Waals surface area contributed by atoms with E-state index in [4.69, 9.17) is 15.6 Å². The van der Waals surface area contributed by atoms with Crippen LogP contribution in [0.2, 0.25) is 0 Å². The van der Waals surface area contributed by atoms with Crippen molar-refractivity contribution in [3.8, 4) is 16.9 Å². The van der Waals surface area contributed by atoms with Crippen LogP contribution in [0.15, 0.2) is 48.9 Å². The lowest BCUT2D eigenvalue weighted by molar-refractivity contribution is 0.229. The van der Waals surface area contributed by atoms with E-state index in [-0.39, 0.29) is 11.9 Å². The Bertz CT molecular complexity index is 1150. The van der Waals surface area contributed by atoms with E-state index in [1.54, 1.807) is 34.7 Å². The molecular weight excluding hydrogens is 427 g/mol. The number of piperidine rings is 1. The van der Waals surface area contributed by atoms with Gasteiger partial charge in [-0.05, 0) is 51.1 Å². The van der Waals surface area contributed by atoms with Crippen LogP contribution in [0, 0.1) is 12.7 Å². The number of nitrogens with one attached hydrogen (secondary N) is 2. The van der Waals surface area contributed by atoms with Gasteiger partial charge in [0.2, 0.25) is 5.95 Å². The fraction of sp³-hybridized carbons (Fsp3) is 0.304. The molecule has 168 valence electrons. The average molecular weight is 455 g/mol. The maximum atomic E-state index is 13.7. The third kappa shape index (κ3) is 4.59. The molecule has 0 saturated carbocycles. The summed E-state index contributed by atoms with van der Waals surface area (Å²) in [7, 11) is 1.53. The van der Waals surface area contributed by atoms with E-state index in [1.165, 1.54) is 19.2 Å². The van der Waals surface area contributed by atoms with Crippen LogP contribution in [-0.4, -0.2) is 41.2 Å². The molecule has 7 nitrogen and oxygen atoms in total. The quantitative estimate of drug-likeness (QED) is 0.280. The summed E-state index contributed by atoms with van der Waals surface area (Å²) in [5.74, 6) is 6.83. The minimum absolute atomic E-state index is 0.272. The van der Waals surface area contributed by atoms with Crippen molar-refractivity contribution in [1.29, 1.82) is 0 Å². The molecule has 0 aliphatic carbocycles. The smallest absolute Gasteiger partial charge is 0.227 e. The van der Waals surface area contributed by atoms with E-state index in [0.29, 0.717) is 17.4 Å². The average Bonchev–Trinajstić information content (AvgIpc) is 3.13. The molecule has 4 N–H and O–H groups in total. The Morgan fingerprint density at radius 1 is 1.41 bits per heavy atom. The topological polar surface area (TPSA) is 88.3 Å². The number of nitrogens with zero attached hydrogens (tertiary/aromatic N) is 3. The van der Waals surface area contributed by atoms with Crippen LogP contribution >= 0.6 is 11.3 Å². The Labute approximate surface area is 190 Å². The van der Waals surface area contributed by atoms with Crippen molar-refractivity contribution < 1.29 is 9.13 Å². The first-order valence-corrected chi connectivity index (χ1v) is 11.3. The predicted octanol–water partition coefficient (Wildman–Crippen LogP) is 4.18. The van der Waals surface area contributed by atoms with Crippen LogP contribution in [0.25, 0.3) is 21.3 Å². The van der Waals surface area contributed by atoms with Crippen LogP contribution in [0.3, 0.4) is 0 Å². The van der Waals surface area contributed by atoms with Crippen LogP contribution in [0.4, 0.5) is 10.3 Å². The maximum absolute atomic E-state index is 13.7. The molecule has 1 aliphatic heterocycles. The summed E-state index contributed by atoms with van der Waals surface area (Å²) in [5, 5.41) is 8.28. The molecule has 3 aromatic rings. The highest BCUT2D eigenvalue weighted by Crippen LogP contribution is 2.41. The molecule has 0 bridgehead atoms. The number of anilines is 1. The molecule has 0 radical (unpaired) electrons. The largest absolute Gasteiger partial charge is 0.496 e. The number of fused-ring (bicyclic) bond motifs is 1. The second kappa shape index (κ2) is 9.64. The van der Waals surface area contributed by atoms with Crippen molar-refractivity contribution in [2.24, 2.45) is 5.84 Å². The van der Waals surface area contributed by atoms with E-state index in [2.05, 4.69) is 22.2 Å². The van der Waals surface area contributed by atoms with Gasteiger partial charge in [0.25, 0.3) is 0 Å². The number of rotatable bonds is 7. The number of benzene rings is 1. The summed E-state index contributed by atoms with van der Waals surface area (Å²) in [6.45, 7) is 7.81. The molecule has 2 aromatic heterocycles. The SMILES string of the molecule is C=C/C(=C\N(N)C1CCNCC1)Nc1ncc2sc(C)c(-c3ccc(F)cc3OC)c2n1. The fourth-order valence-electron chi connectivity index (χ4n) is 3.89. The number of hydrazine groups is 1. The number of nitrogens with two attached hydrogens (primary N) is 1. The van der Waals surface area contributed by atoms with E-state index in [0.717, 1.165) is 52.2 Å². The number of ether oxygens (including phenoxy) is 1. The number of allylic oxidation sites excluding steroid dienone is 1. The number of thiophene rings is 1. The van der Waals surface area contributed by atoms with E-state index < -0.39 is 0 Å². The van der Waals surface area contributed by atoms with Crippen molar-refractivity contribution >= 4 is 27.5 Å². The van der Waals surface area contributed by atoms with Gasteiger partial charge in [0.05, 0.1) is 29.2 Å². The zero-order valence-electron chi connectivity index (χ0n) is 18.2. The van der Waals surface area contributed by atoms with Gasteiger partial charge in [-0.25, -0.2) is 20.2 Å². The van der Waals surface area contributed by atoms with Gasteiger partial charge in [0.1, 0.15) is 11.6 Å². The molecule has 0 amide bonds. The fourth-order valence-corrected chi connectivity index (χ4v) is 4.88. The van der Waals surface area contributed by atoms with Gasteiger partial charge in [-0.2, -0.15) is 0 Å². The first kappa shape index (κ1) is 22.2. The van der Waals surface area contributed by atoms with E-state index in [9.17, 15) is 4.39 Å². The monoisotopic (exact) mass is 454 g/mol. The molecular formula is C23H27FN6OS. The van der Waals surface area contributed by atoms with Crippen LogP contribution in [0.5, 0.6) is 5.75 Å². The second-order valence-corrected chi connectivity index (χ2v) is 8.88. The van der Waals surface area contributed by atoms with Gasteiger partial charge in [0.15, 0.2) is 0 Å². The molecule has 1 saturated heterocycles. The highest BCUT2D eigenvalue weighted by atomic mass is 32.1. The van der Waals surface area contributed by atoms with Gasteiger partial charge < -0.3 is 20.4 Å². The van der Waals surface area contributed by atoms with Crippen LogP contribution < -0.4 is 21.2 Å². The van der Waals surface area contributed by atoms with Crippen LogP contribution in [0.1, 0.15) is 17.7 Å². The summed E-state index contributed by atoms with van der Waals surface area (Å²) in [6, 6.07) is 4.80. The number of aryl methyl sites for hydroxylation is 1. The Kier molecular flexibility index (Phi) is 6.69. The molecule has 4 rings (SSSR count). The Morgan fingerprint density at radius 3 is 2.91 bits per heavy atom. The normalized spacial score (nSPS) is 15.1. The Balaban J connectivity index is 1.67. The lowest BCUT2D eigenvalue weighted by Gasteiger charge is -2.30. The number of hydrogen-bond acceptors (Lipinski definition) is 8. The lowest BCUT2D eigenvalue weighted by Crippen LogP contribution is -2.44. The highest BCUT2D eigenvalue weighted by molar-refractivity contribution is 7.19. The molecule has 9 heteroatoms. The third-order valence-corrected chi connectivity index (χ3v) is 6.56. The first-order chi connectivity index (χ1) is 15.5. The van der Waals surface area contributed by atoms with Gasteiger partial charge in [-0.15, -0.1) is 11.3 Å². The van der Waals surface area contributed by atoms with Crippen LogP contribution in [-0.2, 0) is 0 Å². The Hall–Kier alpha value is -3.01. The summed E-state index contributed by atoms with van der Waals surface area (Å²) < 4.78 is 20.1. The molecule has 0 unspecified atom stereocenters. The molecule has 32 heavy (non-hydrogen) atoms. The van der Waals surface area contributed by atoms with Gasteiger partial charge in [-0.3, -0.25) is 0 Å². The zero-order chi connectivity index (χ0) is 22.7. The van der Waals surface area contributed by atoms with Gasteiger partial charge in [0, 0.05) is 34.3 Å². The van der Waals surface area contributed by atoms with Crippen molar-refractivity contribution in [2.75, 3.05) is 25.5 Å². The van der Waals surface area contributed by atoms with Crippen molar-refractivity contribution in [1.82, 2.24) is 20.3 Å². The molecule has 3 heterocycles. The molecule has 1 aliphatic rings. The lowest BCUT2D eigenvalue weighted by atomic mass is 10.0. The minimum Gasteiger partial charge on any atom is -0.496 e. The maximum Gasteiger partial charge on any atom is 0.227 e. The number of hydrogen-bond donors (Lipinski definition) is 3. The minimum atomic E-state index is -0.347. The highest BCUT2D eigenvalue weighted by Gasteiger charge is 2.19. The summed E-state index contributed by atoms with van der Waals surface area (Å²) in [6.07, 6.45) is 7.28. The van der Waals surface area contributed by atoms with Crippen molar-refractivity contribution in [2.45, 2.75) is 25.8 Å². The first-order valence-electron chi connectivity index (χ1n) is 10.4. The summed E-state index contributed by atoms with van der Waals surface area (Å²) in [4.78, 5) is 10.3. The predicted molar refractivity (Wildman–Crippen MR) is 128 cm³/mol. The van der Waals surface area contributed by atoms with Crippen molar-refractivity contribution in [3.05, 3.63) is 59.6 Å². The standard InChI is InChI=1S/C23H27FN6OS/c1-4-16(13-30(25)17-7-9-26-10-8-17)28-23-27-12-20-22(29-23)21(14(2)32-20)18-6-5-15(24)11-19(18)31-3/h4-6,11-13,17,26H,1,7-10,25H2,2-3H3,(H,27,28,29)/b16-13+. The number of aromatic nitrogens is 2. The van der Waals surface area contributed by atoms with Gasteiger partial charge >= 0.3 is 0 Å². The third-order valence-electron chi connectivity index (χ3n) is 5.53. The zero-order valence-corrected chi connectivity index (χ0v) is 19.0. The number of halogens is 1. The van der Waals surface area contributed by atoms with E-state index >= 15 is 0 Å². The second-order valence-electron chi connectivity index (χ2n) is 7.63. The molecule has 1 fully saturated rings. The summed E-state index contributed by atoms with van der Waals surface area (Å²) >= 11 is 1.59. The summed E-state index contributed by atoms with van der Waals surface area (Å²) in [5.41, 5.74) is 3.19. The molecule has 1 aromatic carbocycles. The Morgan fingerprint density at radius 2 is 2.19 bits per heavy atom. The van der Waals surface area contributed by atoms with Crippen molar-refractivity contribution in [3.63, 3.8) is 0 Å².